The normalized spacial score (nSPS) is 28.4. The maximum atomic E-state index is 11.2. The van der Waals surface area contributed by atoms with Crippen LogP contribution in [0.1, 0.15) is 26.7 Å². The number of carbonyl (C=O) groups is 1. The van der Waals surface area contributed by atoms with Crippen molar-refractivity contribution in [3.05, 3.63) is 11.6 Å². The van der Waals surface area contributed by atoms with Crippen LogP contribution in [0.5, 0.6) is 0 Å². The van der Waals surface area contributed by atoms with E-state index >= 15 is 0 Å². The van der Waals surface area contributed by atoms with Gasteiger partial charge >= 0.3 is 5.97 Å². The molecule has 1 aliphatic carbocycles. The summed E-state index contributed by atoms with van der Waals surface area (Å²) >= 11 is 0. The lowest BCUT2D eigenvalue weighted by Gasteiger charge is -2.19. The van der Waals surface area contributed by atoms with Crippen LogP contribution in [-0.4, -0.2) is 23.3 Å². The largest absolute Gasteiger partial charge is 0.463 e. The van der Waals surface area contributed by atoms with Crippen molar-refractivity contribution < 1.29 is 14.6 Å². The average molecular weight is 170 g/mol. The first-order valence-corrected chi connectivity index (χ1v) is 4.18. The van der Waals surface area contributed by atoms with Gasteiger partial charge in [-0.05, 0) is 26.7 Å². The van der Waals surface area contributed by atoms with E-state index < -0.39 is 5.60 Å². The summed E-state index contributed by atoms with van der Waals surface area (Å²) in [6.45, 7) is 3.75. The number of esters is 1. The van der Waals surface area contributed by atoms with Gasteiger partial charge in [-0.15, -0.1) is 0 Å². The van der Waals surface area contributed by atoms with Gasteiger partial charge in [0.15, 0.2) is 0 Å². The van der Waals surface area contributed by atoms with Crippen molar-refractivity contribution in [1.29, 1.82) is 0 Å². The molecule has 0 radical (unpaired) electrons. The quantitative estimate of drug-likeness (QED) is 0.629. The number of hydrogen-bond acceptors (Lipinski definition) is 3. The van der Waals surface area contributed by atoms with E-state index in [0.29, 0.717) is 18.6 Å². The van der Waals surface area contributed by atoms with E-state index in [1.165, 1.54) is 0 Å². The van der Waals surface area contributed by atoms with Gasteiger partial charge in [0.1, 0.15) is 0 Å². The summed E-state index contributed by atoms with van der Waals surface area (Å²) in [5, 5.41) is 9.68. The van der Waals surface area contributed by atoms with E-state index in [-0.39, 0.29) is 5.97 Å². The molecule has 0 spiro atoms. The van der Waals surface area contributed by atoms with Crippen LogP contribution in [0.4, 0.5) is 0 Å². The summed E-state index contributed by atoms with van der Waals surface area (Å²) in [6, 6.07) is 0. The predicted octanol–water partition coefficient (Wildman–Crippen LogP) is 1.02. The molecule has 0 fully saturated rings. The van der Waals surface area contributed by atoms with Gasteiger partial charge < -0.3 is 9.84 Å². The van der Waals surface area contributed by atoms with Crippen LogP contribution in [0.25, 0.3) is 0 Å². The van der Waals surface area contributed by atoms with E-state index in [9.17, 15) is 9.90 Å². The summed E-state index contributed by atoms with van der Waals surface area (Å²) in [4.78, 5) is 11.2. The average Bonchev–Trinajstić information content (AvgIpc) is 2.30. The Morgan fingerprint density at radius 3 is 2.92 bits per heavy atom. The molecule has 68 valence electrons. The second-order valence-corrected chi connectivity index (χ2v) is 3.15. The van der Waals surface area contributed by atoms with Crippen LogP contribution in [0.15, 0.2) is 11.6 Å². The van der Waals surface area contributed by atoms with Crippen molar-refractivity contribution in [3.63, 3.8) is 0 Å². The lowest BCUT2D eigenvalue weighted by Crippen LogP contribution is -2.28. The molecule has 0 saturated heterocycles. The highest BCUT2D eigenvalue weighted by atomic mass is 16.5. The number of carbonyl (C=O) groups excluding carboxylic acids is 1. The summed E-state index contributed by atoms with van der Waals surface area (Å²) in [5.41, 5.74) is -0.573. The zero-order valence-electron chi connectivity index (χ0n) is 7.46. The molecular formula is C9H14O3. The number of ether oxygens (including phenoxy) is 1. The summed E-state index contributed by atoms with van der Waals surface area (Å²) in [6.07, 6.45) is 3.11. The van der Waals surface area contributed by atoms with Gasteiger partial charge in [0, 0.05) is 0 Å². The van der Waals surface area contributed by atoms with Crippen molar-refractivity contribution in [3.8, 4) is 0 Å². The van der Waals surface area contributed by atoms with Crippen molar-refractivity contribution in [2.45, 2.75) is 32.3 Å². The Bertz CT molecular complexity index is 216. The molecule has 0 aromatic carbocycles. The molecule has 1 rings (SSSR count). The molecular weight excluding hydrogens is 156 g/mol. The van der Waals surface area contributed by atoms with Crippen LogP contribution in [0.3, 0.4) is 0 Å². The first-order chi connectivity index (χ1) is 5.58. The van der Waals surface area contributed by atoms with E-state index in [4.69, 9.17) is 4.74 Å². The van der Waals surface area contributed by atoms with Crippen LogP contribution in [-0.2, 0) is 9.53 Å². The van der Waals surface area contributed by atoms with Gasteiger partial charge in [0.05, 0.1) is 17.8 Å². The number of allylic oxidation sites excluding steroid dienone is 1. The fourth-order valence-corrected chi connectivity index (χ4v) is 1.36. The van der Waals surface area contributed by atoms with Crippen molar-refractivity contribution in [2.24, 2.45) is 0 Å². The smallest absolute Gasteiger partial charge is 0.336 e. The number of aliphatic hydroxyl groups is 1. The minimum atomic E-state index is -0.980. The fourth-order valence-electron chi connectivity index (χ4n) is 1.36. The minimum Gasteiger partial charge on any atom is -0.463 e. The molecule has 0 aliphatic heterocycles. The Hall–Kier alpha value is -0.830. The third-order valence-corrected chi connectivity index (χ3v) is 2.06. The lowest BCUT2D eigenvalue weighted by atomic mass is 9.99. The fraction of sp³-hybridized carbons (Fsp3) is 0.667. The highest BCUT2D eigenvalue weighted by Gasteiger charge is 2.34. The zero-order valence-corrected chi connectivity index (χ0v) is 7.46. The molecule has 1 aliphatic rings. The SMILES string of the molecule is CCOC(=O)C1=CCCC1(C)O. The van der Waals surface area contributed by atoms with E-state index in [0.717, 1.165) is 6.42 Å². The Labute approximate surface area is 72.0 Å². The predicted molar refractivity (Wildman–Crippen MR) is 44.6 cm³/mol. The Kier molecular flexibility index (Phi) is 2.52. The highest BCUT2D eigenvalue weighted by Crippen LogP contribution is 2.30. The zero-order chi connectivity index (χ0) is 9.19. The maximum Gasteiger partial charge on any atom is 0.336 e. The maximum absolute atomic E-state index is 11.2. The molecule has 0 aromatic rings. The summed E-state index contributed by atoms with van der Waals surface area (Å²) in [5.74, 6) is -0.389. The van der Waals surface area contributed by atoms with Crippen LogP contribution >= 0.6 is 0 Å². The first-order valence-electron chi connectivity index (χ1n) is 4.18. The highest BCUT2D eigenvalue weighted by molar-refractivity contribution is 5.91. The Morgan fingerprint density at radius 1 is 1.83 bits per heavy atom. The molecule has 1 unspecified atom stereocenters. The summed E-state index contributed by atoms with van der Waals surface area (Å²) in [7, 11) is 0. The van der Waals surface area contributed by atoms with E-state index in [1.54, 1.807) is 19.9 Å². The van der Waals surface area contributed by atoms with Gasteiger partial charge in [0.2, 0.25) is 0 Å². The Balaban J connectivity index is 2.68. The molecule has 12 heavy (non-hydrogen) atoms. The van der Waals surface area contributed by atoms with E-state index in [2.05, 4.69) is 0 Å². The molecule has 0 amide bonds. The van der Waals surface area contributed by atoms with Crippen molar-refractivity contribution in [2.75, 3.05) is 6.61 Å². The molecule has 1 atom stereocenters. The first kappa shape index (κ1) is 9.26. The second-order valence-electron chi connectivity index (χ2n) is 3.15. The third-order valence-electron chi connectivity index (χ3n) is 2.06. The van der Waals surface area contributed by atoms with Crippen LogP contribution in [0.2, 0.25) is 0 Å². The van der Waals surface area contributed by atoms with Crippen LogP contribution < -0.4 is 0 Å². The topological polar surface area (TPSA) is 46.5 Å². The van der Waals surface area contributed by atoms with Crippen molar-refractivity contribution >= 4 is 5.97 Å². The second kappa shape index (κ2) is 3.27. The van der Waals surface area contributed by atoms with E-state index in [1.807, 2.05) is 0 Å². The molecule has 0 aromatic heterocycles. The number of hydrogen-bond donors (Lipinski definition) is 1. The molecule has 0 saturated carbocycles. The van der Waals surface area contributed by atoms with Gasteiger partial charge in [-0.3, -0.25) is 0 Å². The molecule has 0 bridgehead atoms. The minimum absolute atomic E-state index is 0.353. The van der Waals surface area contributed by atoms with Gasteiger partial charge in [-0.2, -0.15) is 0 Å². The molecule has 3 heteroatoms. The Morgan fingerprint density at radius 2 is 2.50 bits per heavy atom. The lowest BCUT2D eigenvalue weighted by molar-refractivity contribution is -0.140. The van der Waals surface area contributed by atoms with Gasteiger partial charge in [-0.1, -0.05) is 6.08 Å². The monoisotopic (exact) mass is 170 g/mol. The standard InChI is InChI=1S/C9H14O3/c1-3-12-8(10)7-5-4-6-9(7,2)11/h5,11H,3-4,6H2,1-2H3. The number of rotatable bonds is 2. The summed E-state index contributed by atoms with van der Waals surface area (Å²) < 4.78 is 4.79. The molecule has 0 heterocycles. The van der Waals surface area contributed by atoms with Gasteiger partial charge in [-0.25, -0.2) is 4.79 Å². The van der Waals surface area contributed by atoms with Crippen molar-refractivity contribution in [1.82, 2.24) is 0 Å². The molecule has 3 nitrogen and oxygen atoms in total. The molecule has 1 N–H and O–H groups in total. The third kappa shape index (κ3) is 1.67. The van der Waals surface area contributed by atoms with Crippen LogP contribution in [0, 0.1) is 0 Å². The van der Waals surface area contributed by atoms with Gasteiger partial charge in [0.25, 0.3) is 0 Å².